The van der Waals surface area contributed by atoms with Crippen LogP contribution in [0.2, 0.25) is 0 Å². The van der Waals surface area contributed by atoms with Gasteiger partial charge in [-0.25, -0.2) is 13.6 Å². The number of aliphatic hydroxyl groups is 1. The Bertz CT molecular complexity index is 480. The number of alkyl halides is 2. The fourth-order valence-electron chi connectivity index (χ4n) is 1.75. The van der Waals surface area contributed by atoms with Crippen molar-refractivity contribution in [1.82, 2.24) is 9.55 Å². The maximum Gasteiger partial charge on any atom is 0.349 e. The van der Waals surface area contributed by atoms with Crippen molar-refractivity contribution in [3.8, 4) is 0 Å². The fourth-order valence-corrected chi connectivity index (χ4v) is 3.03. The van der Waals surface area contributed by atoms with Crippen LogP contribution in [0.25, 0.3) is 0 Å². The molecular formula is C9H11F2N3O2S. The standard InChI is InChI=1S/C9H11F2N3O2S/c10-9(11)5(4-17-6(9)3-15)14-2-1-7(12)13-8(14)16/h1-2,5-6,15H,3-4H2,(H2,12,13,16)/t5-,6+/m1/s1. The molecule has 5 nitrogen and oxygen atoms in total. The molecule has 8 heteroatoms. The van der Waals surface area contributed by atoms with Crippen LogP contribution in [0, 0.1) is 0 Å². The molecule has 2 heterocycles. The van der Waals surface area contributed by atoms with Crippen molar-refractivity contribution >= 4 is 17.6 Å². The van der Waals surface area contributed by atoms with Crippen LogP contribution in [0.1, 0.15) is 6.04 Å². The quantitative estimate of drug-likeness (QED) is 0.791. The van der Waals surface area contributed by atoms with Gasteiger partial charge >= 0.3 is 5.69 Å². The van der Waals surface area contributed by atoms with E-state index in [0.29, 0.717) is 0 Å². The Morgan fingerprint density at radius 3 is 2.94 bits per heavy atom. The summed E-state index contributed by atoms with van der Waals surface area (Å²) in [4.78, 5) is 14.9. The van der Waals surface area contributed by atoms with E-state index in [1.54, 1.807) is 0 Å². The smallest absolute Gasteiger partial charge is 0.349 e. The predicted octanol–water partition coefficient (Wildman–Crippen LogP) is 0.110. The largest absolute Gasteiger partial charge is 0.395 e. The van der Waals surface area contributed by atoms with E-state index in [0.717, 1.165) is 16.3 Å². The van der Waals surface area contributed by atoms with E-state index in [1.807, 2.05) is 0 Å². The van der Waals surface area contributed by atoms with Crippen LogP contribution < -0.4 is 11.4 Å². The van der Waals surface area contributed by atoms with Crippen molar-refractivity contribution in [3.63, 3.8) is 0 Å². The first-order chi connectivity index (χ1) is 7.96. The van der Waals surface area contributed by atoms with Crippen LogP contribution in [-0.4, -0.2) is 38.2 Å². The van der Waals surface area contributed by atoms with Crippen molar-refractivity contribution in [2.45, 2.75) is 17.2 Å². The van der Waals surface area contributed by atoms with Crippen molar-refractivity contribution in [2.24, 2.45) is 0 Å². The molecule has 2 rings (SSSR count). The molecule has 1 aliphatic heterocycles. The summed E-state index contributed by atoms with van der Waals surface area (Å²) in [7, 11) is 0. The molecule has 3 N–H and O–H groups in total. The molecule has 0 unspecified atom stereocenters. The number of rotatable bonds is 2. The van der Waals surface area contributed by atoms with E-state index in [4.69, 9.17) is 10.8 Å². The summed E-state index contributed by atoms with van der Waals surface area (Å²) in [5, 5.41) is 7.67. The number of anilines is 1. The summed E-state index contributed by atoms with van der Waals surface area (Å²) in [5.74, 6) is -3.08. The van der Waals surface area contributed by atoms with Gasteiger partial charge in [0.25, 0.3) is 5.92 Å². The molecule has 0 radical (unpaired) electrons. The van der Waals surface area contributed by atoms with Gasteiger partial charge in [0, 0.05) is 11.9 Å². The van der Waals surface area contributed by atoms with Gasteiger partial charge in [0.05, 0.1) is 11.9 Å². The summed E-state index contributed by atoms with van der Waals surface area (Å²) < 4.78 is 28.6. The molecule has 0 spiro atoms. The molecule has 2 atom stereocenters. The van der Waals surface area contributed by atoms with Gasteiger partial charge in [-0.2, -0.15) is 4.98 Å². The first-order valence-corrected chi connectivity index (χ1v) is 5.96. The van der Waals surface area contributed by atoms with E-state index in [9.17, 15) is 13.6 Å². The number of thioether (sulfide) groups is 1. The number of halogens is 2. The second-order valence-electron chi connectivity index (χ2n) is 3.74. The predicted molar refractivity (Wildman–Crippen MR) is 60.2 cm³/mol. The molecule has 1 saturated heterocycles. The van der Waals surface area contributed by atoms with Crippen LogP contribution in [0.3, 0.4) is 0 Å². The number of hydrogen-bond acceptors (Lipinski definition) is 5. The maximum atomic E-state index is 13.8. The molecule has 1 aromatic heterocycles. The number of nitrogens with two attached hydrogens (primary N) is 1. The minimum absolute atomic E-state index is 0.000996. The second-order valence-corrected chi connectivity index (χ2v) is 4.97. The lowest BCUT2D eigenvalue weighted by atomic mass is 10.1. The highest BCUT2D eigenvalue weighted by atomic mass is 32.2. The Kier molecular flexibility index (Phi) is 3.09. The lowest BCUT2D eigenvalue weighted by molar-refractivity contribution is -0.0475. The van der Waals surface area contributed by atoms with E-state index in [-0.39, 0.29) is 11.6 Å². The Morgan fingerprint density at radius 1 is 1.71 bits per heavy atom. The molecule has 17 heavy (non-hydrogen) atoms. The van der Waals surface area contributed by atoms with E-state index < -0.39 is 29.5 Å². The Morgan fingerprint density at radius 2 is 2.41 bits per heavy atom. The Hall–Kier alpha value is -1.15. The lowest BCUT2D eigenvalue weighted by Crippen LogP contribution is -2.41. The van der Waals surface area contributed by atoms with Crippen molar-refractivity contribution in [3.05, 3.63) is 22.7 Å². The molecule has 1 fully saturated rings. The van der Waals surface area contributed by atoms with Gasteiger partial charge in [0.1, 0.15) is 11.9 Å². The summed E-state index contributed by atoms with van der Waals surface area (Å²) in [6, 6.07) is 0.0132. The number of aliphatic hydroxyl groups excluding tert-OH is 1. The van der Waals surface area contributed by atoms with Gasteiger partial charge in [-0.05, 0) is 6.07 Å². The highest BCUT2D eigenvalue weighted by Crippen LogP contribution is 2.46. The third kappa shape index (κ3) is 2.02. The molecule has 0 saturated carbocycles. The first-order valence-electron chi connectivity index (χ1n) is 4.91. The minimum Gasteiger partial charge on any atom is -0.395 e. The van der Waals surface area contributed by atoms with Gasteiger partial charge in [-0.1, -0.05) is 0 Å². The Balaban J connectivity index is 2.38. The monoisotopic (exact) mass is 263 g/mol. The molecule has 0 aromatic carbocycles. The van der Waals surface area contributed by atoms with Gasteiger partial charge in [-0.3, -0.25) is 4.57 Å². The average Bonchev–Trinajstić information content (AvgIpc) is 2.54. The SMILES string of the molecule is Nc1ccn([C@@H]2CS[C@@H](CO)C2(F)F)c(=O)n1. The number of aromatic nitrogens is 2. The Labute approximate surface area is 99.6 Å². The van der Waals surface area contributed by atoms with Crippen LogP contribution in [0.5, 0.6) is 0 Å². The summed E-state index contributed by atoms with van der Waals surface area (Å²) in [5.41, 5.74) is 4.49. The molecule has 0 bridgehead atoms. The summed E-state index contributed by atoms with van der Waals surface area (Å²) in [6.45, 7) is -0.620. The molecule has 94 valence electrons. The highest BCUT2D eigenvalue weighted by Gasteiger charge is 2.53. The van der Waals surface area contributed by atoms with E-state index in [1.165, 1.54) is 12.3 Å². The maximum absolute atomic E-state index is 13.8. The molecule has 0 aliphatic carbocycles. The van der Waals surface area contributed by atoms with Crippen molar-refractivity contribution in [1.29, 1.82) is 0 Å². The van der Waals surface area contributed by atoms with E-state index in [2.05, 4.69) is 4.98 Å². The summed E-state index contributed by atoms with van der Waals surface area (Å²) >= 11 is 0.946. The van der Waals surface area contributed by atoms with Crippen LogP contribution in [0.15, 0.2) is 17.1 Å². The second kappa shape index (κ2) is 4.26. The highest BCUT2D eigenvalue weighted by molar-refractivity contribution is 8.00. The molecular weight excluding hydrogens is 252 g/mol. The van der Waals surface area contributed by atoms with E-state index >= 15 is 0 Å². The fraction of sp³-hybridized carbons (Fsp3) is 0.556. The third-order valence-electron chi connectivity index (χ3n) is 2.68. The minimum atomic E-state index is -3.14. The normalized spacial score (nSPS) is 27.2. The number of nitrogen functional groups attached to an aromatic ring is 1. The van der Waals surface area contributed by atoms with Gasteiger partial charge in [-0.15, -0.1) is 11.8 Å². The number of hydrogen-bond donors (Lipinski definition) is 2. The van der Waals surface area contributed by atoms with Crippen molar-refractivity contribution < 1.29 is 13.9 Å². The third-order valence-corrected chi connectivity index (χ3v) is 4.06. The van der Waals surface area contributed by atoms with Gasteiger partial charge in [0.2, 0.25) is 0 Å². The zero-order valence-corrected chi connectivity index (χ0v) is 9.53. The van der Waals surface area contributed by atoms with Gasteiger partial charge < -0.3 is 10.8 Å². The molecule has 1 aromatic rings. The average molecular weight is 263 g/mol. The van der Waals surface area contributed by atoms with Gasteiger partial charge in [0.15, 0.2) is 0 Å². The van der Waals surface area contributed by atoms with Crippen LogP contribution in [0.4, 0.5) is 14.6 Å². The zero-order chi connectivity index (χ0) is 12.6. The zero-order valence-electron chi connectivity index (χ0n) is 8.72. The molecule has 0 amide bonds. The lowest BCUT2D eigenvalue weighted by Gasteiger charge is -2.23. The van der Waals surface area contributed by atoms with Crippen LogP contribution in [-0.2, 0) is 0 Å². The first kappa shape index (κ1) is 12.3. The number of nitrogens with zero attached hydrogens (tertiary/aromatic N) is 2. The van der Waals surface area contributed by atoms with Crippen molar-refractivity contribution in [2.75, 3.05) is 18.1 Å². The topological polar surface area (TPSA) is 81.1 Å². The van der Waals surface area contributed by atoms with Crippen LogP contribution >= 0.6 is 11.8 Å². The molecule has 1 aliphatic rings. The summed E-state index contributed by atoms with van der Waals surface area (Å²) in [6.07, 6.45) is 1.21.